The predicted octanol–water partition coefficient (Wildman–Crippen LogP) is 1.19. The molecule has 0 amide bonds. The zero-order valence-corrected chi connectivity index (χ0v) is 6.89. The van der Waals surface area contributed by atoms with Gasteiger partial charge in [0, 0.05) is 11.3 Å². The fourth-order valence-corrected chi connectivity index (χ4v) is 1.01. The van der Waals surface area contributed by atoms with Gasteiger partial charge in [0.2, 0.25) is 0 Å². The van der Waals surface area contributed by atoms with Gasteiger partial charge in [0.25, 0.3) is 0 Å². The molecule has 1 aromatic rings. The van der Waals surface area contributed by atoms with Crippen molar-refractivity contribution in [1.82, 2.24) is 9.78 Å². The summed E-state index contributed by atoms with van der Waals surface area (Å²) in [6.07, 6.45) is 9.05. The molecule has 11 heavy (non-hydrogen) atoms. The monoisotopic (exact) mass is 147 g/mol. The van der Waals surface area contributed by atoms with E-state index in [1.54, 1.807) is 4.68 Å². The van der Waals surface area contributed by atoms with Crippen LogP contribution in [-0.2, 0) is 13.0 Å². The molecule has 1 heterocycles. The lowest BCUT2D eigenvalue weighted by Gasteiger charge is -1.98. The zero-order valence-electron chi connectivity index (χ0n) is 6.89. The van der Waals surface area contributed by atoms with Crippen molar-refractivity contribution in [3.63, 3.8) is 0 Å². The number of rotatable bonds is 2. The van der Waals surface area contributed by atoms with Crippen molar-refractivity contribution in [2.75, 3.05) is 0 Å². The maximum absolute atomic E-state index is 5.16. The van der Waals surface area contributed by atoms with Crippen molar-refractivity contribution < 1.29 is 0 Å². The molecular formula is C9H11N2. The van der Waals surface area contributed by atoms with E-state index in [1.807, 2.05) is 6.92 Å². The summed E-state index contributed by atoms with van der Waals surface area (Å²) in [6, 6.07) is 0. The molecule has 57 valence electrons. The molecule has 2 nitrogen and oxygen atoms in total. The highest BCUT2D eigenvalue weighted by molar-refractivity contribution is 5.15. The van der Waals surface area contributed by atoms with Crippen LogP contribution in [0.2, 0.25) is 0 Å². The molecule has 1 aromatic heterocycles. The Morgan fingerprint density at radius 1 is 1.73 bits per heavy atom. The predicted molar refractivity (Wildman–Crippen MR) is 44.0 cm³/mol. The fourth-order valence-electron chi connectivity index (χ4n) is 1.01. The van der Waals surface area contributed by atoms with Crippen LogP contribution in [-0.4, -0.2) is 9.78 Å². The lowest BCUT2D eigenvalue weighted by atomic mass is 10.2. The molecule has 0 aliphatic carbocycles. The average Bonchev–Trinajstić information content (AvgIpc) is 2.34. The quantitative estimate of drug-likeness (QED) is 0.574. The highest BCUT2D eigenvalue weighted by atomic mass is 15.3. The highest BCUT2D eigenvalue weighted by Crippen LogP contribution is 2.05. The summed E-state index contributed by atoms with van der Waals surface area (Å²) in [7, 11) is 0. The fraction of sp³-hybridized carbons (Fsp3) is 0.444. The van der Waals surface area contributed by atoms with E-state index < -0.39 is 0 Å². The van der Waals surface area contributed by atoms with Gasteiger partial charge >= 0.3 is 0 Å². The summed E-state index contributed by atoms with van der Waals surface area (Å²) in [5, 5.41) is 4.03. The number of aromatic nitrogens is 2. The van der Waals surface area contributed by atoms with E-state index in [0.717, 1.165) is 17.7 Å². The molecule has 0 fully saturated rings. The molecule has 0 bridgehead atoms. The van der Waals surface area contributed by atoms with Crippen LogP contribution in [0.3, 0.4) is 0 Å². The van der Waals surface area contributed by atoms with Crippen molar-refractivity contribution in [2.45, 2.75) is 26.8 Å². The van der Waals surface area contributed by atoms with E-state index in [4.69, 9.17) is 6.42 Å². The van der Waals surface area contributed by atoms with Crippen molar-refractivity contribution in [3.05, 3.63) is 17.5 Å². The van der Waals surface area contributed by atoms with Crippen molar-refractivity contribution in [2.24, 2.45) is 0 Å². The second-order valence-electron chi connectivity index (χ2n) is 2.39. The van der Waals surface area contributed by atoms with E-state index in [0.29, 0.717) is 6.54 Å². The van der Waals surface area contributed by atoms with Crippen molar-refractivity contribution >= 4 is 0 Å². The Labute approximate surface area is 67.2 Å². The minimum absolute atomic E-state index is 0.544. The van der Waals surface area contributed by atoms with Gasteiger partial charge in [-0.3, -0.25) is 4.68 Å². The van der Waals surface area contributed by atoms with E-state index in [9.17, 15) is 0 Å². The molecule has 0 atom stereocenters. The van der Waals surface area contributed by atoms with Gasteiger partial charge in [-0.1, -0.05) is 12.8 Å². The molecule has 0 aromatic carbocycles. The van der Waals surface area contributed by atoms with Crippen LogP contribution in [0.15, 0.2) is 0 Å². The van der Waals surface area contributed by atoms with Gasteiger partial charge in [0.05, 0.1) is 0 Å². The number of hydrogen-bond donors (Lipinski definition) is 0. The van der Waals surface area contributed by atoms with Crippen LogP contribution in [0.1, 0.15) is 18.2 Å². The van der Waals surface area contributed by atoms with Gasteiger partial charge < -0.3 is 0 Å². The van der Waals surface area contributed by atoms with Gasteiger partial charge in [-0.15, -0.1) is 6.42 Å². The third-order valence-electron chi connectivity index (χ3n) is 1.72. The summed E-state index contributed by atoms with van der Waals surface area (Å²) >= 11 is 0. The average molecular weight is 147 g/mol. The first-order chi connectivity index (χ1) is 5.29. The summed E-state index contributed by atoms with van der Waals surface area (Å²) in [5.74, 6) is 2.54. The number of hydrogen-bond acceptors (Lipinski definition) is 1. The number of nitrogens with zero attached hydrogens (tertiary/aromatic N) is 2. The van der Waals surface area contributed by atoms with Gasteiger partial charge in [-0.05, 0) is 13.3 Å². The summed E-state index contributed by atoms with van der Waals surface area (Å²) in [5.41, 5.74) is 2.28. The largest absolute Gasteiger partial charge is 0.257 e. The highest BCUT2D eigenvalue weighted by Gasteiger charge is 2.02. The molecule has 0 N–H and O–H groups in total. The Morgan fingerprint density at radius 2 is 2.45 bits per heavy atom. The van der Waals surface area contributed by atoms with Crippen LogP contribution in [0.25, 0.3) is 0 Å². The lowest BCUT2D eigenvalue weighted by Crippen LogP contribution is -2.00. The summed E-state index contributed by atoms with van der Waals surface area (Å²) in [4.78, 5) is 0. The number of terminal acetylenes is 1. The first-order valence-corrected chi connectivity index (χ1v) is 3.67. The summed E-state index contributed by atoms with van der Waals surface area (Å²) < 4.78 is 1.79. The maximum atomic E-state index is 5.16. The van der Waals surface area contributed by atoms with Crippen molar-refractivity contribution in [3.8, 4) is 12.3 Å². The Kier molecular flexibility index (Phi) is 2.32. The van der Waals surface area contributed by atoms with Gasteiger partial charge in [-0.25, -0.2) is 0 Å². The lowest BCUT2D eigenvalue weighted by molar-refractivity contribution is 0.688. The molecule has 0 aliphatic heterocycles. The standard InChI is InChI=1S/C9H11N2/c1-4-6-11-8(3)9(5-2)7-10-11/h1H,5-6H2,2-3H3. The van der Waals surface area contributed by atoms with Crippen LogP contribution in [0, 0.1) is 25.5 Å². The second kappa shape index (κ2) is 3.25. The Hall–Kier alpha value is -1.23. The summed E-state index contributed by atoms with van der Waals surface area (Å²) in [6.45, 7) is 4.64. The third-order valence-corrected chi connectivity index (χ3v) is 1.72. The van der Waals surface area contributed by atoms with Crippen LogP contribution >= 0.6 is 0 Å². The molecule has 0 unspecified atom stereocenters. The number of aryl methyl sites for hydroxylation is 1. The minimum atomic E-state index is 0.544. The molecule has 0 saturated carbocycles. The zero-order chi connectivity index (χ0) is 8.27. The third kappa shape index (κ3) is 1.43. The smallest absolute Gasteiger partial charge is 0.116 e. The molecular weight excluding hydrogens is 136 g/mol. The Morgan fingerprint density at radius 3 is 2.91 bits per heavy atom. The van der Waals surface area contributed by atoms with Crippen LogP contribution in [0.5, 0.6) is 0 Å². The first-order valence-electron chi connectivity index (χ1n) is 3.67. The normalized spacial score (nSPS) is 9.55. The second-order valence-corrected chi connectivity index (χ2v) is 2.39. The molecule has 0 aliphatic rings. The van der Waals surface area contributed by atoms with E-state index >= 15 is 0 Å². The van der Waals surface area contributed by atoms with Gasteiger partial charge in [0.15, 0.2) is 0 Å². The SMILES string of the molecule is C#CCn1n[c]c(CC)c1C. The van der Waals surface area contributed by atoms with E-state index in [1.165, 1.54) is 0 Å². The van der Waals surface area contributed by atoms with Gasteiger partial charge in [0.1, 0.15) is 12.7 Å². The Balaban J connectivity index is 2.93. The van der Waals surface area contributed by atoms with Crippen LogP contribution < -0.4 is 0 Å². The molecule has 0 spiro atoms. The van der Waals surface area contributed by atoms with E-state index in [2.05, 4.69) is 24.1 Å². The molecule has 2 heteroatoms. The molecule has 1 rings (SSSR count). The molecule has 0 saturated heterocycles. The van der Waals surface area contributed by atoms with E-state index in [-0.39, 0.29) is 0 Å². The first kappa shape index (κ1) is 7.87. The Bertz CT molecular complexity index is 278. The van der Waals surface area contributed by atoms with Gasteiger partial charge in [-0.2, -0.15) is 5.10 Å². The minimum Gasteiger partial charge on any atom is -0.257 e. The molecule has 1 radical (unpaired) electrons. The maximum Gasteiger partial charge on any atom is 0.116 e. The topological polar surface area (TPSA) is 17.8 Å². The van der Waals surface area contributed by atoms with Crippen molar-refractivity contribution in [1.29, 1.82) is 0 Å². The van der Waals surface area contributed by atoms with Crippen LogP contribution in [0.4, 0.5) is 0 Å².